The first kappa shape index (κ1) is 20.4. The van der Waals surface area contributed by atoms with Crippen LogP contribution in [0, 0.1) is 5.92 Å². The molecule has 0 heterocycles. The largest absolute Gasteiger partial charge is 0.465 e. The molecule has 8 nitrogen and oxygen atoms in total. The van der Waals surface area contributed by atoms with Crippen molar-refractivity contribution in [1.29, 1.82) is 0 Å². The highest BCUT2D eigenvalue weighted by Gasteiger charge is 2.23. The predicted molar refractivity (Wildman–Crippen MR) is 96.2 cm³/mol. The average molecular weight is 376 g/mol. The summed E-state index contributed by atoms with van der Waals surface area (Å²) in [5.74, 6) is -1.60. The van der Waals surface area contributed by atoms with E-state index < -0.39 is 30.5 Å². The molecule has 0 bridgehead atoms. The van der Waals surface area contributed by atoms with Gasteiger partial charge in [0, 0.05) is 6.04 Å². The molecule has 0 aliphatic heterocycles. The van der Waals surface area contributed by atoms with E-state index >= 15 is 0 Å². The molecule has 2 N–H and O–H groups in total. The lowest BCUT2D eigenvalue weighted by atomic mass is 9.86. The van der Waals surface area contributed by atoms with E-state index in [1.807, 2.05) is 0 Å². The molecule has 0 radical (unpaired) electrons. The lowest BCUT2D eigenvalue weighted by molar-refractivity contribution is -0.123. The van der Waals surface area contributed by atoms with E-state index in [1.54, 1.807) is 0 Å². The van der Waals surface area contributed by atoms with Gasteiger partial charge >= 0.3 is 18.0 Å². The summed E-state index contributed by atoms with van der Waals surface area (Å²) < 4.78 is 9.45. The third kappa shape index (κ3) is 6.09. The molecule has 0 aromatic heterocycles. The number of carbonyl (C=O) groups is 4. The van der Waals surface area contributed by atoms with Crippen LogP contribution in [0.15, 0.2) is 24.3 Å². The lowest BCUT2D eigenvalue weighted by Crippen LogP contribution is -2.48. The van der Waals surface area contributed by atoms with Crippen LogP contribution in [0.4, 0.5) is 4.79 Å². The third-order valence-electron chi connectivity index (χ3n) is 4.56. The van der Waals surface area contributed by atoms with E-state index in [2.05, 4.69) is 22.3 Å². The number of hydrogen-bond acceptors (Lipinski definition) is 6. The van der Waals surface area contributed by atoms with Crippen LogP contribution >= 0.6 is 0 Å². The van der Waals surface area contributed by atoms with Crippen molar-refractivity contribution < 1.29 is 28.7 Å². The van der Waals surface area contributed by atoms with Crippen LogP contribution in [0.2, 0.25) is 0 Å². The highest BCUT2D eigenvalue weighted by Crippen LogP contribution is 2.23. The number of imide groups is 1. The second kappa shape index (κ2) is 9.70. The van der Waals surface area contributed by atoms with Crippen molar-refractivity contribution in [3.63, 3.8) is 0 Å². The molecule has 8 heteroatoms. The number of rotatable bonds is 5. The highest BCUT2D eigenvalue weighted by molar-refractivity contribution is 5.97. The van der Waals surface area contributed by atoms with Crippen LogP contribution in [0.3, 0.4) is 0 Å². The minimum atomic E-state index is -0.733. The molecular formula is C19H24N2O6. The number of nitrogens with one attached hydrogen (secondary N) is 2. The number of methoxy groups -OCH3 is 1. The van der Waals surface area contributed by atoms with Crippen molar-refractivity contribution in [3.05, 3.63) is 35.4 Å². The van der Waals surface area contributed by atoms with Crippen molar-refractivity contribution in [1.82, 2.24) is 10.6 Å². The Hall–Kier alpha value is -2.90. The number of hydrogen-bond donors (Lipinski definition) is 2. The van der Waals surface area contributed by atoms with Gasteiger partial charge in [0.2, 0.25) is 0 Å². The SMILES string of the molecule is COC(=O)c1ccc(C(=O)OCC(=O)NC(=O)NC2CCCCC2C)cc1. The Morgan fingerprint density at radius 2 is 1.59 bits per heavy atom. The molecule has 2 rings (SSSR count). The first-order chi connectivity index (χ1) is 12.9. The van der Waals surface area contributed by atoms with Gasteiger partial charge in [-0.25, -0.2) is 14.4 Å². The van der Waals surface area contributed by atoms with E-state index in [0.717, 1.165) is 25.7 Å². The molecule has 3 amide bonds. The van der Waals surface area contributed by atoms with Gasteiger partial charge in [-0.05, 0) is 43.0 Å². The van der Waals surface area contributed by atoms with Crippen LogP contribution < -0.4 is 10.6 Å². The molecule has 1 saturated carbocycles. The zero-order chi connectivity index (χ0) is 19.8. The van der Waals surface area contributed by atoms with E-state index in [0.29, 0.717) is 11.5 Å². The smallest absolute Gasteiger partial charge is 0.338 e. The van der Waals surface area contributed by atoms with Gasteiger partial charge in [-0.1, -0.05) is 19.8 Å². The number of urea groups is 1. The number of esters is 2. The van der Waals surface area contributed by atoms with Crippen molar-refractivity contribution in [2.45, 2.75) is 38.6 Å². The molecule has 1 aromatic carbocycles. The maximum absolute atomic E-state index is 11.9. The van der Waals surface area contributed by atoms with E-state index in [9.17, 15) is 19.2 Å². The molecule has 1 aromatic rings. The molecule has 1 fully saturated rings. The zero-order valence-electron chi connectivity index (χ0n) is 15.4. The minimum Gasteiger partial charge on any atom is -0.465 e. The van der Waals surface area contributed by atoms with Gasteiger partial charge in [0.1, 0.15) is 0 Å². The average Bonchev–Trinajstić information content (AvgIpc) is 2.67. The third-order valence-corrected chi connectivity index (χ3v) is 4.56. The molecule has 27 heavy (non-hydrogen) atoms. The lowest BCUT2D eigenvalue weighted by Gasteiger charge is -2.29. The summed E-state index contributed by atoms with van der Waals surface area (Å²) in [6, 6.07) is 5.08. The normalized spacial score (nSPS) is 18.9. The molecule has 2 unspecified atom stereocenters. The van der Waals surface area contributed by atoms with Crippen LogP contribution in [0.5, 0.6) is 0 Å². The molecule has 1 aliphatic carbocycles. The quantitative estimate of drug-likeness (QED) is 0.761. The Labute approximate surface area is 157 Å². The van der Waals surface area contributed by atoms with E-state index in [-0.39, 0.29) is 11.6 Å². The summed E-state index contributed by atoms with van der Waals surface area (Å²) in [4.78, 5) is 46.9. The summed E-state index contributed by atoms with van der Waals surface area (Å²) in [6.07, 6.45) is 4.14. The van der Waals surface area contributed by atoms with Crippen LogP contribution in [-0.4, -0.2) is 43.6 Å². The van der Waals surface area contributed by atoms with Crippen LogP contribution in [0.1, 0.15) is 53.3 Å². The number of amides is 3. The molecular weight excluding hydrogens is 352 g/mol. The second-order valence-corrected chi connectivity index (χ2v) is 6.53. The standard InChI is InChI=1S/C19H24N2O6/c1-12-5-3-4-6-15(12)20-19(25)21-16(22)11-27-18(24)14-9-7-13(8-10-14)17(23)26-2/h7-10,12,15H,3-6,11H2,1-2H3,(H2,20,21,22,25). The van der Waals surface area contributed by atoms with Gasteiger partial charge in [0.15, 0.2) is 6.61 Å². The maximum atomic E-state index is 11.9. The van der Waals surface area contributed by atoms with Crippen molar-refractivity contribution in [3.8, 4) is 0 Å². The van der Waals surface area contributed by atoms with Crippen molar-refractivity contribution in [2.24, 2.45) is 5.92 Å². The van der Waals surface area contributed by atoms with Crippen molar-refractivity contribution in [2.75, 3.05) is 13.7 Å². The summed E-state index contributed by atoms with van der Waals surface area (Å²) >= 11 is 0. The Morgan fingerprint density at radius 3 is 2.19 bits per heavy atom. The maximum Gasteiger partial charge on any atom is 0.338 e. The Kier molecular flexibility index (Phi) is 7.34. The molecule has 2 atom stereocenters. The topological polar surface area (TPSA) is 111 Å². The van der Waals surface area contributed by atoms with E-state index in [4.69, 9.17) is 4.74 Å². The summed E-state index contributed by atoms with van der Waals surface area (Å²) in [5, 5.41) is 4.94. The summed E-state index contributed by atoms with van der Waals surface area (Å²) in [5.41, 5.74) is 0.469. The second-order valence-electron chi connectivity index (χ2n) is 6.53. The Balaban J connectivity index is 1.76. The first-order valence-electron chi connectivity index (χ1n) is 8.86. The number of benzene rings is 1. The number of ether oxygens (including phenoxy) is 2. The summed E-state index contributed by atoms with van der Waals surface area (Å²) in [6.45, 7) is 1.49. The number of carbonyl (C=O) groups excluding carboxylic acids is 4. The Morgan fingerprint density at radius 1 is 1.00 bits per heavy atom. The van der Waals surface area contributed by atoms with Crippen LogP contribution in [-0.2, 0) is 14.3 Å². The van der Waals surface area contributed by atoms with Gasteiger partial charge in [0.05, 0.1) is 18.2 Å². The molecule has 146 valence electrons. The van der Waals surface area contributed by atoms with Gasteiger partial charge in [-0.2, -0.15) is 0 Å². The zero-order valence-corrected chi connectivity index (χ0v) is 15.4. The molecule has 0 saturated heterocycles. The first-order valence-corrected chi connectivity index (χ1v) is 8.86. The molecule has 0 spiro atoms. The monoisotopic (exact) mass is 376 g/mol. The van der Waals surface area contributed by atoms with Crippen LogP contribution in [0.25, 0.3) is 0 Å². The van der Waals surface area contributed by atoms with Gasteiger partial charge in [-0.15, -0.1) is 0 Å². The fraction of sp³-hybridized carbons (Fsp3) is 0.474. The molecule has 1 aliphatic rings. The van der Waals surface area contributed by atoms with Crippen molar-refractivity contribution >= 4 is 23.9 Å². The minimum absolute atomic E-state index is 0.0439. The van der Waals surface area contributed by atoms with Gasteiger partial charge in [0.25, 0.3) is 5.91 Å². The van der Waals surface area contributed by atoms with Gasteiger partial charge in [-0.3, -0.25) is 10.1 Å². The van der Waals surface area contributed by atoms with E-state index in [1.165, 1.54) is 31.4 Å². The fourth-order valence-corrected chi connectivity index (χ4v) is 2.97. The fourth-order valence-electron chi connectivity index (χ4n) is 2.97. The Bertz CT molecular complexity index is 701. The highest BCUT2D eigenvalue weighted by atomic mass is 16.5. The van der Waals surface area contributed by atoms with Gasteiger partial charge < -0.3 is 14.8 Å². The summed E-state index contributed by atoms with van der Waals surface area (Å²) in [7, 11) is 1.26. The predicted octanol–water partition coefficient (Wildman–Crippen LogP) is 2.03.